The van der Waals surface area contributed by atoms with Crippen LogP contribution in [-0.4, -0.2) is 29.9 Å². The number of aromatic nitrogens is 2. The molecule has 5 nitrogen and oxygen atoms in total. The van der Waals surface area contributed by atoms with Crippen LogP contribution in [0.15, 0.2) is 4.52 Å². The van der Waals surface area contributed by atoms with Crippen LogP contribution in [0, 0.1) is 5.92 Å². The van der Waals surface area contributed by atoms with Crippen LogP contribution < -0.4 is 5.32 Å². The molecule has 0 saturated carbocycles. The molecule has 0 amide bonds. The predicted octanol–water partition coefficient (Wildman–Crippen LogP) is 1.32. The van der Waals surface area contributed by atoms with E-state index in [1.165, 1.54) is 0 Å². The minimum absolute atomic E-state index is 0.131. The van der Waals surface area contributed by atoms with Gasteiger partial charge in [-0.3, -0.25) is 0 Å². The summed E-state index contributed by atoms with van der Waals surface area (Å²) in [6, 6.07) is 0.131. The average Bonchev–Trinajstić information content (AvgIpc) is 2.90. The quantitative estimate of drug-likeness (QED) is 0.819. The number of hydrogen-bond donors (Lipinski definition) is 1. The van der Waals surface area contributed by atoms with Gasteiger partial charge in [-0.05, 0) is 25.8 Å². The Hall–Kier alpha value is -0.940. The van der Waals surface area contributed by atoms with E-state index in [1.807, 2.05) is 6.92 Å². The minimum atomic E-state index is 0.131. The van der Waals surface area contributed by atoms with Gasteiger partial charge >= 0.3 is 0 Å². The van der Waals surface area contributed by atoms with Crippen molar-refractivity contribution in [3.8, 4) is 0 Å². The highest BCUT2D eigenvalue weighted by molar-refractivity contribution is 4.93. The normalized spacial score (nSPS) is 22.5. The van der Waals surface area contributed by atoms with Crippen molar-refractivity contribution in [2.45, 2.75) is 32.7 Å². The van der Waals surface area contributed by atoms with Crippen LogP contribution >= 0.6 is 0 Å². The van der Waals surface area contributed by atoms with Crippen LogP contribution in [-0.2, 0) is 11.2 Å². The van der Waals surface area contributed by atoms with Crippen LogP contribution in [0.5, 0.6) is 0 Å². The van der Waals surface area contributed by atoms with Crippen molar-refractivity contribution in [1.82, 2.24) is 15.5 Å². The third-order valence-corrected chi connectivity index (χ3v) is 2.86. The van der Waals surface area contributed by atoms with Crippen LogP contribution in [0.4, 0.5) is 0 Å². The van der Waals surface area contributed by atoms with E-state index in [-0.39, 0.29) is 6.04 Å². The van der Waals surface area contributed by atoms with Gasteiger partial charge in [0.1, 0.15) is 0 Å². The Balaban J connectivity index is 1.90. The summed E-state index contributed by atoms with van der Waals surface area (Å²) in [5.74, 6) is 2.03. The zero-order chi connectivity index (χ0) is 11.4. The lowest BCUT2D eigenvalue weighted by atomic mass is 10.1. The van der Waals surface area contributed by atoms with Gasteiger partial charge in [-0.1, -0.05) is 12.1 Å². The highest BCUT2D eigenvalue weighted by Gasteiger charge is 2.20. The zero-order valence-electron chi connectivity index (χ0n) is 9.90. The molecule has 0 bridgehead atoms. The van der Waals surface area contributed by atoms with Crippen LogP contribution in [0.1, 0.15) is 38.0 Å². The lowest BCUT2D eigenvalue weighted by Gasteiger charge is -2.05. The molecule has 1 aliphatic heterocycles. The fourth-order valence-electron chi connectivity index (χ4n) is 1.92. The largest absolute Gasteiger partial charge is 0.381 e. The first-order valence-corrected chi connectivity index (χ1v) is 5.93. The summed E-state index contributed by atoms with van der Waals surface area (Å²) in [4.78, 5) is 4.40. The van der Waals surface area contributed by atoms with Gasteiger partial charge in [0, 0.05) is 19.6 Å². The molecule has 0 spiro atoms. The topological polar surface area (TPSA) is 60.2 Å². The fraction of sp³-hybridized carbons (Fsp3) is 0.818. The van der Waals surface area contributed by atoms with E-state index in [0.29, 0.717) is 11.8 Å². The number of ether oxygens (including phenoxy) is 1. The molecule has 2 unspecified atom stereocenters. The lowest BCUT2D eigenvalue weighted by Crippen LogP contribution is -2.18. The lowest BCUT2D eigenvalue weighted by molar-refractivity contribution is 0.185. The van der Waals surface area contributed by atoms with Gasteiger partial charge in [-0.15, -0.1) is 0 Å². The highest BCUT2D eigenvalue weighted by atomic mass is 16.5. The third-order valence-electron chi connectivity index (χ3n) is 2.86. The van der Waals surface area contributed by atoms with Crippen molar-refractivity contribution in [2.75, 3.05) is 19.8 Å². The Morgan fingerprint density at radius 2 is 2.44 bits per heavy atom. The summed E-state index contributed by atoms with van der Waals surface area (Å²) < 4.78 is 10.5. The van der Waals surface area contributed by atoms with Gasteiger partial charge in [0.05, 0.1) is 6.04 Å². The Morgan fingerprint density at radius 1 is 1.56 bits per heavy atom. The third kappa shape index (κ3) is 2.80. The molecule has 1 aliphatic rings. The SMILES string of the molecule is CCNC(C)c1nc(CC2CCOC2)no1. The van der Waals surface area contributed by atoms with Gasteiger partial charge in [0.25, 0.3) is 0 Å². The Morgan fingerprint density at radius 3 is 3.12 bits per heavy atom. The van der Waals surface area contributed by atoms with Gasteiger partial charge in [0.15, 0.2) is 5.82 Å². The second kappa shape index (κ2) is 5.41. The summed E-state index contributed by atoms with van der Waals surface area (Å²) in [7, 11) is 0. The molecule has 2 atom stereocenters. The Bertz CT molecular complexity index is 321. The van der Waals surface area contributed by atoms with Crippen LogP contribution in [0.2, 0.25) is 0 Å². The molecule has 1 N–H and O–H groups in total. The second-order valence-electron chi connectivity index (χ2n) is 4.26. The number of rotatable bonds is 5. The zero-order valence-corrected chi connectivity index (χ0v) is 9.90. The maximum absolute atomic E-state index is 5.32. The van der Waals surface area contributed by atoms with Crippen LogP contribution in [0.25, 0.3) is 0 Å². The summed E-state index contributed by atoms with van der Waals surface area (Å²) >= 11 is 0. The maximum atomic E-state index is 5.32. The fourth-order valence-corrected chi connectivity index (χ4v) is 1.92. The van der Waals surface area contributed by atoms with Gasteiger partial charge < -0.3 is 14.6 Å². The van der Waals surface area contributed by atoms with E-state index in [9.17, 15) is 0 Å². The van der Waals surface area contributed by atoms with Gasteiger partial charge in [0.2, 0.25) is 5.89 Å². The summed E-state index contributed by atoms with van der Waals surface area (Å²) in [6.07, 6.45) is 1.97. The monoisotopic (exact) mass is 225 g/mol. The molecule has 1 fully saturated rings. The van der Waals surface area contributed by atoms with E-state index in [0.717, 1.165) is 38.4 Å². The van der Waals surface area contributed by atoms with E-state index in [1.54, 1.807) is 0 Å². The molecule has 0 aromatic carbocycles. The minimum Gasteiger partial charge on any atom is -0.381 e. The molecule has 1 aromatic heterocycles. The first-order chi connectivity index (χ1) is 7.79. The molecule has 0 aliphatic carbocycles. The molecule has 1 saturated heterocycles. The Kier molecular flexibility index (Phi) is 3.90. The molecule has 2 rings (SSSR count). The predicted molar refractivity (Wildman–Crippen MR) is 59.0 cm³/mol. The molecule has 0 radical (unpaired) electrons. The van der Waals surface area contributed by atoms with Crippen LogP contribution in [0.3, 0.4) is 0 Å². The van der Waals surface area contributed by atoms with E-state index in [4.69, 9.17) is 9.26 Å². The van der Waals surface area contributed by atoms with Crippen molar-refractivity contribution < 1.29 is 9.26 Å². The summed E-state index contributed by atoms with van der Waals surface area (Å²) in [5, 5.41) is 7.25. The summed E-state index contributed by atoms with van der Waals surface area (Å²) in [5.41, 5.74) is 0. The maximum Gasteiger partial charge on any atom is 0.243 e. The van der Waals surface area contributed by atoms with E-state index < -0.39 is 0 Å². The summed E-state index contributed by atoms with van der Waals surface area (Å²) in [6.45, 7) is 6.67. The average molecular weight is 225 g/mol. The molecule has 90 valence electrons. The number of hydrogen-bond acceptors (Lipinski definition) is 5. The van der Waals surface area contributed by atoms with E-state index >= 15 is 0 Å². The van der Waals surface area contributed by atoms with Crippen molar-refractivity contribution in [3.63, 3.8) is 0 Å². The molecule has 2 heterocycles. The van der Waals surface area contributed by atoms with Gasteiger partial charge in [-0.2, -0.15) is 4.98 Å². The van der Waals surface area contributed by atoms with Crippen molar-refractivity contribution >= 4 is 0 Å². The van der Waals surface area contributed by atoms with Gasteiger partial charge in [-0.25, -0.2) is 0 Å². The number of nitrogens with one attached hydrogen (secondary N) is 1. The smallest absolute Gasteiger partial charge is 0.243 e. The van der Waals surface area contributed by atoms with Crippen molar-refractivity contribution in [1.29, 1.82) is 0 Å². The molecular weight excluding hydrogens is 206 g/mol. The Labute approximate surface area is 95.6 Å². The highest BCUT2D eigenvalue weighted by Crippen LogP contribution is 2.17. The second-order valence-corrected chi connectivity index (χ2v) is 4.26. The van der Waals surface area contributed by atoms with E-state index in [2.05, 4.69) is 22.4 Å². The number of nitrogens with zero attached hydrogens (tertiary/aromatic N) is 2. The molecule has 16 heavy (non-hydrogen) atoms. The van der Waals surface area contributed by atoms with Crippen molar-refractivity contribution in [2.24, 2.45) is 5.92 Å². The standard InChI is InChI=1S/C11H19N3O2/c1-3-12-8(2)11-13-10(14-16-11)6-9-4-5-15-7-9/h8-9,12H,3-7H2,1-2H3. The molecule has 1 aromatic rings. The molecular formula is C11H19N3O2. The first kappa shape index (κ1) is 11.5. The van der Waals surface area contributed by atoms with Crippen molar-refractivity contribution in [3.05, 3.63) is 11.7 Å². The molecule has 5 heteroatoms. The first-order valence-electron chi connectivity index (χ1n) is 5.93.